The molecule has 0 aliphatic rings. The monoisotopic (exact) mass is 242 g/mol. The third kappa shape index (κ3) is 2.13. The smallest absolute Gasteiger partial charge is 0.220 e. The van der Waals surface area contributed by atoms with Gasteiger partial charge >= 0.3 is 0 Å². The van der Waals surface area contributed by atoms with Crippen molar-refractivity contribution in [2.24, 2.45) is 0 Å². The first-order chi connectivity index (χ1) is 8.84. The first kappa shape index (κ1) is 12.0. The van der Waals surface area contributed by atoms with Crippen LogP contribution in [0.1, 0.15) is 13.8 Å². The third-order valence-corrected chi connectivity index (χ3v) is 2.23. The molecular weight excluding hydrogens is 228 g/mol. The van der Waals surface area contributed by atoms with Crippen molar-refractivity contribution in [2.45, 2.75) is 13.8 Å². The van der Waals surface area contributed by atoms with Gasteiger partial charge in [-0.05, 0) is 12.1 Å². The summed E-state index contributed by atoms with van der Waals surface area (Å²) in [6.45, 7) is 4.00. The Kier molecular flexibility index (Phi) is 3.47. The van der Waals surface area contributed by atoms with Gasteiger partial charge in [-0.15, -0.1) is 0 Å². The van der Waals surface area contributed by atoms with Gasteiger partial charge in [-0.3, -0.25) is 0 Å². The van der Waals surface area contributed by atoms with Gasteiger partial charge in [-0.1, -0.05) is 13.8 Å². The molecule has 6 heteroatoms. The zero-order valence-electron chi connectivity index (χ0n) is 10.3. The average Bonchev–Trinajstić information content (AvgIpc) is 2.85. The summed E-state index contributed by atoms with van der Waals surface area (Å²) in [5.41, 5.74) is 7.86. The average molecular weight is 242 g/mol. The number of hydrogen-bond donors (Lipinski definition) is 1. The summed E-state index contributed by atoms with van der Waals surface area (Å²) in [5, 5.41) is 4.18. The molecule has 0 amide bonds. The molecule has 0 unspecified atom stereocenters. The highest BCUT2D eigenvalue weighted by molar-refractivity contribution is 5.74. The molecule has 0 aliphatic carbocycles. The fourth-order valence-corrected chi connectivity index (χ4v) is 1.53. The molecule has 2 N–H and O–H groups in total. The van der Waals surface area contributed by atoms with Crippen LogP contribution in [0, 0.1) is 0 Å². The Hall–Kier alpha value is -2.50. The summed E-state index contributed by atoms with van der Waals surface area (Å²) < 4.78 is 1.69. The largest absolute Gasteiger partial charge is 0.368 e. The SMILES string of the molecule is CC.Nc1nccc(-c2cnn3cccnc23)n1. The van der Waals surface area contributed by atoms with E-state index >= 15 is 0 Å². The Morgan fingerprint density at radius 1 is 1.17 bits per heavy atom. The van der Waals surface area contributed by atoms with E-state index in [-0.39, 0.29) is 5.95 Å². The number of nitrogens with two attached hydrogens (primary N) is 1. The second-order valence-electron chi connectivity index (χ2n) is 3.25. The van der Waals surface area contributed by atoms with Gasteiger partial charge in [0.15, 0.2) is 5.65 Å². The van der Waals surface area contributed by atoms with Gasteiger partial charge in [0.2, 0.25) is 5.95 Å². The molecule has 0 fully saturated rings. The zero-order valence-corrected chi connectivity index (χ0v) is 10.3. The highest BCUT2D eigenvalue weighted by Crippen LogP contribution is 2.20. The molecule has 0 spiro atoms. The Balaban J connectivity index is 0.000000574. The molecule has 0 saturated heterocycles. The summed E-state index contributed by atoms with van der Waals surface area (Å²) in [6, 6.07) is 3.60. The van der Waals surface area contributed by atoms with Crippen LogP contribution in [-0.2, 0) is 0 Å². The van der Waals surface area contributed by atoms with Crippen LogP contribution >= 0.6 is 0 Å². The Morgan fingerprint density at radius 2 is 2.00 bits per heavy atom. The number of nitrogens with zero attached hydrogens (tertiary/aromatic N) is 5. The second-order valence-corrected chi connectivity index (χ2v) is 3.25. The van der Waals surface area contributed by atoms with Crippen LogP contribution in [0.25, 0.3) is 16.9 Å². The zero-order chi connectivity index (χ0) is 13.0. The fourth-order valence-electron chi connectivity index (χ4n) is 1.53. The summed E-state index contributed by atoms with van der Waals surface area (Å²) in [4.78, 5) is 12.2. The number of aromatic nitrogens is 5. The number of fused-ring (bicyclic) bond motifs is 1. The number of rotatable bonds is 1. The van der Waals surface area contributed by atoms with Crippen molar-refractivity contribution in [3.8, 4) is 11.3 Å². The first-order valence-corrected chi connectivity index (χ1v) is 5.72. The maximum atomic E-state index is 5.54. The van der Waals surface area contributed by atoms with Crippen LogP contribution in [0.5, 0.6) is 0 Å². The van der Waals surface area contributed by atoms with Gasteiger partial charge in [0.1, 0.15) is 0 Å². The van der Waals surface area contributed by atoms with Crippen molar-refractivity contribution in [1.82, 2.24) is 24.6 Å². The van der Waals surface area contributed by atoms with E-state index in [4.69, 9.17) is 5.73 Å². The lowest BCUT2D eigenvalue weighted by Gasteiger charge is -1.98. The lowest BCUT2D eigenvalue weighted by molar-refractivity contribution is 0.939. The van der Waals surface area contributed by atoms with E-state index in [1.165, 1.54) is 0 Å². The maximum Gasteiger partial charge on any atom is 0.220 e. The van der Waals surface area contributed by atoms with Crippen molar-refractivity contribution in [3.63, 3.8) is 0 Å². The predicted molar refractivity (Wildman–Crippen MR) is 69.8 cm³/mol. The Morgan fingerprint density at radius 3 is 2.78 bits per heavy atom. The lowest BCUT2D eigenvalue weighted by Crippen LogP contribution is -1.95. The van der Waals surface area contributed by atoms with Crippen molar-refractivity contribution in [3.05, 3.63) is 36.9 Å². The van der Waals surface area contributed by atoms with Crippen molar-refractivity contribution in [1.29, 1.82) is 0 Å². The van der Waals surface area contributed by atoms with Gasteiger partial charge in [0.25, 0.3) is 0 Å². The van der Waals surface area contributed by atoms with E-state index in [9.17, 15) is 0 Å². The summed E-state index contributed by atoms with van der Waals surface area (Å²) in [6.07, 6.45) is 6.87. The van der Waals surface area contributed by atoms with Crippen LogP contribution in [0.15, 0.2) is 36.9 Å². The molecule has 0 bridgehead atoms. The molecule has 0 radical (unpaired) electrons. The van der Waals surface area contributed by atoms with E-state index in [2.05, 4.69) is 20.1 Å². The third-order valence-electron chi connectivity index (χ3n) is 2.23. The fraction of sp³-hybridized carbons (Fsp3) is 0.167. The van der Waals surface area contributed by atoms with Gasteiger partial charge in [-0.2, -0.15) is 5.10 Å². The molecule has 92 valence electrons. The van der Waals surface area contributed by atoms with E-state index < -0.39 is 0 Å². The van der Waals surface area contributed by atoms with Gasteiger partial charge < -0.3 is 5.73 Å². The molecule has 3 aromatic rings. The minimum Gasteiger partial charge on any atom is -0.368 e. The van der Waals surface area contributed by atoms with E-state index in [1.807, 2.05) is 26.1 Å². The lowest BCUT2D eigenvalue weighted by atomic mass is 10.2. The van der Waals surface area contributed by atoms with Crippen LogP contribution < -0.4 is 5.73 Å². The van der Waals surface area contributed by atoms with Crippen LogP contribution in [0.3, 0.4) is 0 Å². The van der Waals surface area contributed by atoms with Gasteiger partial charge in [-0.25, -0.2) is 19.5 Å². The molecular formula is C12H14N6. The molecule has 3 heterocycles. The van der Waals surface area contributed by atoms with E-state index in [0.717, 1.165) is 16.9 Å². The van der Waals surface area contributed by atoms with Crippen LogP contribution in [-0.4, -0.2) is 24.6 Å². The molecule has 3 aromatic heterocycles. The normalized spacial score (nSPS) is 9.89. The van der Waals surface area contributed by atoms with Gasteiger partial charge in [0.05, 0.1) is 17.5 Å². The Bertz CT molecular complexity index is 646. The Labute approximate surface area is 105 Å². The van der Waals surface area contributed by atoms with E-state index in [0.29, 0.717) is 0 Å². The molecule has 0 aromatic carbocycles. The number of nitrogen functional groups attached to an aromatic ring is 1. The molecule has 3 rings (SSSR count). The number of anilines is 1. The van der Waals surface area contributed by atoms with E-state index in [1.54, 1.807) is 29.2 Å². The summed E-state index contributed by atoms with van der Waals surface area (Å²) in [7, 11) is 0. The minimum absolute atomic E-state index is 0.243. The minimum atomic E-state index is 0.243. The second kappa shape index (κ2) is 5.22. The highest BCUT2D eigenvalue weighted by Gasteiger charge is 2.08. The quantitative estimate of drug-likeness (QED) is 0.703. The van der Waals surface area contributed by atoms with Crippen LogP contribution in [0.2, 0.25) is 0 Å². The molecule has 18 heavy (non-hydrogen) atoms. The van der Waals surface area contributed by atoms with Crippen LogP contribution in [0.4, 0.5) is 5.95 Å². The highest BCUT2D eigenvalue weighted by atomic mass is 15.2. The van der Waals surface area contributed by atoms with Gasteiger partial charge in [0, 0.05) is 18.6 Å². The summed E-state index contributed by atoms with van der Waals surface area (Å²) in [5.74, 6) is 0.243. The topological polar surface area (TPSA) is 82.0 Å². The van der Waals surface area contributed by atoms with Crippen molar-refractivity contribution < 1.29 is 0 Å². The standard InChI is InChI=1S/C10H8N6.C2H6/c11-10-13-4-2-8(15-10)7-6-14-16-5-1-3-12-9(7)16;1-2/h1-6H,(H2,11,13,15);1-2H3. The molecule has 0 saturated carbocycles. The predicted octanol–water partition coefficient (Wildman–Crippen LogP) is 1.79. The molecule has 6 nitrogen and oxygen atoms in total. The maximum absolute atomic E-state index is 5.54. The molecule has 0 atom stereocenters. The van der Waals surface area contributed by atoms with Crippen molar-refractivity contribution in [2.75, 3.05) is 5.73 Å². The first-order valence-electron chi connectivity index (χ1n) is 5.72. The van der Waals surface area contributed by atoms with Crippen molar-refractivity contribution >= 4 is 11.6 Å². The molecule has 0 aliphatic heterocycles. The summed E-state index contributed by atoms with van der Waals surface area (Å²) >= 11 is 0. The number of hydrogen-bond acceptors (Lipinski definition) is 5.